The normalized spacial score (nSPS) is 13.0. The molecule has 2 aromatic rings. The number of nitrogens with zero attached hydrogens (tertiary/aromatic N) is 3. The summed E-state index contributed by atoms with van der Waals surface area (Å²) in [6.07, 6.45) is 4.83. The van der Waals surface area contributed by atoms with Crippen LogP contribution in [0, 0.1) is 5.92 Å². The molecule has 0 fully saturated rings. The molecule has 0 radical (unpaired) electrons. The van der Waals surface area contributed by atoms with E-state index in [0.29, 0.717) is 0 Å². The Kier molecular flexibility index (Phi) is 4.37. The van der Waals surface area contributed by atoms with Gasteiger partial charge in [0.15, 0.2) is 0 Å². The van der Waals surface area contributed by atoms with Crippen molar-refractivity contribution in [2.24, 2.45) is 16.8 Å². The first kappa shape index (κ1) is 14.1. The molecule has 20 heavy (non-hydrogen) atoms. The smallest absolute Gasteiger partial charge is 0.257 e. The Morgan fingerprint density at radius 1 is 1.30 bits per heavy atom. The summed E-state index contributed by atoms with van der Waals surface area (Å²) in [5.74, 6) is -0.224. The molecule has 0 aliphatic rings. The zero-order valence-corrected chi connectivity index (χ0v) is 11.4. The van der Waals surface area contributed by atoms with Crippen molar-refractivity contribution in [2.75, 3.05) is 0 Å². The van der Waals surface area contributed by atoms with Crippen LogP contribution in [0.1, 0.15) is 19.4 Å². The van der Waals surface area contributed by atoms with Crippen LogP contribution in [0.5, 0.6) is 0 Å². The molecular formula is C14H17N5O. The minimum Gasteiger partial charge on any atom is -0.320 e. The van der Waals surface area contributed by atoms with Gasteiger partial charge in [-0.15, -0.1) is 0 Å². The maximum absolute atomic E-state index is 11.6. The van der Waals surface area contributed by atoms with Crippen molar-refractivity contribution in [3.63, 3.8) is 0 Å². The van der Waals surface area contributed by atoms with Crippen molar-refractivity contribution >= 4 is 23.2 Å². The highest BCUT2D eigenvalue weighted by Crippen LogP contribution is 2.09. The van der Waals surface area contributed by atoms with Gasteiger partial charge in [0.05, 0.1) is 23.3 Å². The van der Waals surface area contributed by atoms with Gasteiger partial charge >= 0.3 is 0 Å². The Balaban J connectivity index is 2.04. The summed E-state index contributed by atoms with van der Waals surface area (Å²) in [6.45, 7) is 3.77. The molecule has 0 aliphatic heterocycles. The predicted octanol–water partition coefficient (Wildman–Crippen LogP) is 1.06. The number of hydrazone groups is 1. The lowest BCUT2D eigenvalue weighted by Gasteiger charge is -2.12. The second kappa shape index (κ2) is 6.21. The van der Waals surface area contributed by atoms with Crippen molar-refractivity contribution < 1.29 is 4.79 Å². The molecule has 104 valence electrons. The number of nitrogens with one attached hydrogen (secondary N) is 1. The van der Waals surface area contributed by atoms with E-state index >= 15 is 0 Å². The van der Waals surface area contributed by atoms with Gasteiger partial charge in [0, 0.05) is 12.4 Å². The lowest BCUT2D eigenvalue weighted by molar-refractivity contribution is -0.123. The molecular weight excluding hydrogens is 254 g/mol. The fourth-order valence-electron chi connectivity index (χ4n) is 1.61. The van der Waals surface area contributed by atoms with Crippen LogP contribution < -0.4 is 11.2 Å². The summed E-state index contributed by atoms with van der Waals surface area (Å²) in [5.41, 5.74) is 10.6. The van der Waals surface area contributed by atoms with E-state index in [2.05, 4.69) is 20.5 Å². The summed E-state index contributed by atoms with van der Waals surface area (Å²) >= 11 is 0. The molecule has 0 bridgehead atoms. The van der Waals surface area contributed by atoms with E-state index in [4.69, 9.17) is 5.73 Å². The summed E-state index contributed by atoms with van der Waals surface area (Å²) in [7, 11) is 0. The van der Waals surface area contributed by atoms with E-state index in [1.54, 1.807) is 18.6 Å². The number of amides is 1. The first-order chi connectivity index (χ1) is 9.58. The summed E-state index contributed by atoms with van der Waals surface area (Å²) in [6, 6.07) is 5.00. The second-order valence-corrected chi connectivity index (χ2v) is 4.81. The van der Waals surface area contributed by atoms with Crippen LogP contribution in [0.2, 0.25) is 0 Å². The molecule has 1 heterocycles. The van der Waals surface area contributed by atoms with Crippen LogP contribution >= 0.6 is 0 Å². The van der Waals surface area contributed by atoms with Crippen LogP contribution in [0.25, 0.3) is 11.0 Å². The average molecular weight is 271 g/mol. The fraction of sp³-hybridized carbons (Fsp3) is 0.286. The molecule has 0 aliphatic carbocycles. The minimum atomic E-state index is -0.561. The maximum Gasteiger partial charge on any atom is 0.257 e. The number of nitrogens with two attached hydrogens (primary N) is 1. The highest BCUT2D eigenvalue weighted by Gasteiger charge is 2.15. The number of carbonyl (C=O) groups is 1. The lowest BCUT2D eigenvalue weighted by Crippen LogP contribution is -2.42. The molecule has 6 heteroatoms. The molecule has 0 saturated carbocycles. The zero-order chi connectivity index (χ0) is 14.5. The van der Waals surface area contributed by atoms with Crippen molar-refractivity contribution in [3.05, 3.63) is 36.2 Å². The van der Waals surface area contributed by atoms with E-state index in [9.17, 15) is 4.79 Å². The summed E-state index contributed by atoms with van der Waals surface area (Å²) < 4.78 is 0. The lowest BCUT2D eigenvalue weighted by atomic mass is 10.1. The Labute approximate surface area is 117 Å². The highest BCUT2D eigenvalue weighted by atomic mass is 16.2. The first-order valence-electron chi connectivity index (χ1n) is 6.37. The quantitative estimate of drug-likeness (QED) is 0.642. The van der Waals surface area contributed by atoms with Gasteiger partial charge in [0.25, 0.3) is 5.91 Å². The van der Waals surface area contributed by atoms with Crippen LogP contribution in [0.3, 0.4) is 0 Å². The van der Waals surface area contributed by atoms with Crippen LogP contribution in [0.15, 0.2) is 35.7 Å². The molecule has 1 aromatic heterocycles. The summed E-state index contributed by atoms with van der Waals surface area (Å²) in [5, 5.41) is 3.90. The number of rotatable bonds is 4. The Morgan fingerprint density at radius 3 is 2.70 bits per heavy atom. The van der Waals surface area contributed by atoms with Crippen molar-refractivity contribution in [3.8, 4) is 0 Å². The number of fused-ring (bicyclic) bond motifs is 1. The van der Waals surface area contributed by atoms with Crippen LogP contribution in [-0.4, -0.2) is 28.1 Å². The molecule has 2 rings (SSSR count). The van der Waals surface area contributed by atoms with E-state index in [1.165, 1.54) is 0 Å². The third-order valence-electron chi connectivity index (χ3n) is 2.90. The number of hydrogen-bond acceptors (Lipinski definition) is 5. The van der Waals surface area contributed by atoms with Gasteiger partial charge in [-0.3, -0.25) is 14.8 Å². The summed E-state index contributed by atoms with van der Waals surface area (Å²) in [4.78, 5) is 20.0. The third-order valence-corrected chi connectivity index (χ3v) is 2.90. The molecule has 1 aromatic carbocycles. The Morgan fingerprint density at radius 2 is 2.00 bits per heavy atom. The number of benzene rings is 1. The maximum atomic E-state index is 11.6. The molecule has 0 unspecified atom stereocenters. The van der Waals surface area contributed by atoms with E-state index in [1.807, 2.05) is 32.0 Å². The zero-order valence-electron chi connectivity index (χ0n) is 11.4. The molecule has 1 atom stereocenters. The molecule has 6 nitrogen and oxygen atoms in total. The highest BCUT2D eigenvalue weighted by molar-refractivity contribution is 5.88. The number of carbonyl (C=O) groups excluding carboxylic acids is 1. The SMILES string of the molecule is CC(C)[C@@H](N)C(=O)N/N=C\c1ccc2nccnc2c1. The van der Waals surface area contributed by atoms with E-state index in [0.717, 1.165) is 16.6 Å². The number of hydrogen-bond donors (Lipinski definition) is 2. The Hall–Kier alpha value is -2.34. The molecule has 0 saturated heterocycles. The molecule has 3 N–H and O–H groups in total. The van der Waals surface area contributed by atoms with Crippen molar-refractivity contribution in [1.82, 2.24) is 15.4 Å². The molecule has 1 amide bonds. The fourth-order valence-corrected chi connectivity index (χ4v) is 1.61. The average Bonchev–Trinajstić information content (AvgIpc) is 2.46. The van der Waals surface area contributed by atoms with Gasteiger partial charge < -0.3 is 5.73 Å². The van der Waals surface area contributed by atoms with Gasteiger partial charge in [0.2, 0.25) is 0 Å². The van der Waals surface area contributed by atoms with Crippen molar-refractivity contribution in [2.45, 2.75) is 19.9 Å². The van der Waals surface area contributed by atoms with Gasteiger partial charge in [-0.25, -0.2) is 5.43 Å². The van der Waals surface area contributed by atoms with Gasteiger partial charge in [0.1, 0.15) is 0 Å². The number of aromatic nitrogens is 2. The topological polar surface area (TPSA) is 93.3 Å². The van der Waals surface area contributed by atoms with Gasteiger partial charge in [-0.2, -0.15) is 5.10 Å². The van der Waals surface area contributed by atoms with E-state index < -0.39 is 6.04 Å². The minimum absolute atomic E-state index is 0.0705. The third kappa shape index (κ3) is 3.36. The van der Waals surface area contributed by atoms with E-state index in [-0.39, 0.29) is 11.8 Å². The Bertz CT molecular complexity index is 638. The molecule has 0 spiro atoms. The largest absolute Gasteiger partial charge is 0.320 e. The first-order valence-corrected chi connectivity index (χ1v) is 6.37. The van der Waals surface area contributed by atoms with Crippen LogP contribution in [0.4, 0.5) is 0 Å². The van der Waals surface area contributed by atoms with Gasteiger partial charge in [-0.05, 0) is 23.6 Å². The second-order valence-electron chi connectivity index (χ2n) is 4.81. The standard InChI is InChI=1S/C14H17N5O/c1-9(2)13(15)14(20)19-18-8-10-3-4-11-12(7-10)17-6-5-16-11/h3-9,13H,15H2,1-2H3,(H,19,20)/b18-8-/t13-/m1/s1. The monoisotopic (exact) mass is 271 g/mol. The van der Waals surface area contributed by atoms with Crippen molar-refractivity contribution in [1.29, 1.82) is 0 Å². The predicted molar refractivity (Wildman–Crippen MR) is 78.1 cm³/mol. The van der Waals surface area contributed by atoms with Gasteiger partial charge in [-0.1, -0.05) is 19.9 Å². The van der Waals surface area contributed by atoms with Crippen LogP contribution in [-0.2, 0) is 4.79 Å².